The van der Waals surface area contributed by atoms with Gasteiger partial charge in [0.1, 0.15) is 0 Å². The van der Waals surface area contributed by atoms with Gasteiger partial charge in [0.25, 0.3) is 0 Å². The summed E-state index contributed by atoms with van der Waals surface area (Å²) in [5.74, 6) is 5.64. The van der Waals surface area contributed by atoms with Crippen LogP contribution >= 0.6 is 0 Å². The molecule has 0 aromatic rings. The molecule has 7 saturated carbocycles. The van der Waals surface area contributed by atoms with Gasteiger partial charge >= 0.3 is 11.9 Å². The standard InChI is InChI=1S/C16H18O4/c1-19-14(17)16(15(18)20-2)12-8-4-3-5-7-6(4)10(12)11(7)13(16)9(5)8/h4-13H,3H2,1-2H3/t4-,5+,6-,7+,8-,9-,10+,11-,12+,13+/m0/s1. The second kappa shape index (κ2) is 2.67. The van der Waals surface area contributed by atoms with E-state index in [4.69, 9.17) is 9.47 Å². The second-order valence-electron chi connectivity index (χ2n) is 7.93. The van der Waals surface area contributed by atoms with E-state index in [0.29, 0.717) is 23.7 Å². The number of methoxy groups -OCH3 is 2. The summed E-state index contributed by atoms with van der Waals surface area (Å²) in [6.07, 6.45) is 1.38. The van der Waals surface area contributed by atoms with Gasteiger partial charge in [-0.2, -0.15) is 0 Å². The second-order valence-corrected chi connectivity index (χ2v) is 7.93. The molecule has 4 nitrogen and oxygen atoms in total. The van der Waals surface area contributed by atoms with Gasteiger partial charge in [0.15, 0.2) is 5.41 Å². The number of ether oxygens (including phenoxy) is 2. The van der Waals surface area contributed by atoms with E-state index in [1.54, 1.807) is 0 Å². The van der Waals surface area contributed by atoms with Crippen LogP contribution in [0.15, 0.2) is 0 Å². The molecule has 7 fully saturated rings. The Morgan fingerprint density at radius 2 is 1.25 bits per heavy atom. The average Bonchev–Trinajstić information content (AvgIpc) is 3.08. The summed E-state index contributed by atoms with van der Waals surface area (Å²) in [5.41, 5.74) is -0.939. The minimum absolute atomic E-state index is 0.237. The maximum atomic E-state index is 12.6. The molecule has 4 heteroatoms. The maximum absolute atomic E-state index is 12.6. The lowest BCUT2D eigenvalue weighted by atomic mass is 9.60. The zero-order valence-electron chi connectivity index (χ0n) is 11.6. The van der Waals surface area contributed by atoms with Crippen LogP contribution in [0.2, 0.25) is 0 Å². The van der Waals surface area contributed by atoms with E-state index in [9.17, 15) is 9.59 Å². The van der Waals surface area contributed by atoms with Crippen LogP contribution in [-0.2, 0) is 19.1 Å². The molecule has 0 aliphatic heterocycles. The van der Waals surface area contributed by atoms with Gasteiger partial charge in [-0.3, -0.25) is 9.59 Å². The Hall–Kier alpha value is -1.06. The highest BCUT2D eigenvalue weighted by molar-refractivity contribution is 6.02. The molecule has 7 rings (SSSR count). The zero-order chi connectivity index (χ0) is 13.5. The molecule has 0 aromatic heterocycles. The summed E-state index contributed by atoms with van der Waals surface area (Å²) in [7, 11) is 2.84. The molecule has 20 heavy (non-hydrogen) atoms. The fraction of sp³-hybridized carbons (Fsp3) is 0.875. The van der Waals surface area contributed by atoms with Crippen LogP contribution in [0.1, 0.15) is 6.42 Å². The van der Waals surface area contributed by atoms with Crippen molar-refractivity contribution in [1.29, 1.82) is 0 Å². The van der Waals surface area contributed by atoms with E-state index < -0.39 is 5.41 Å². The number of carbonyl (C=O) groups is 2. The SMILES string of the molecule is COC(=O)C1(C(=O)OC)[C@H]2[C@@H]3[C@H]4[C@@H]5C[C@@H]6[C@H]4[C@@H]3[C@H]1[C@@H]6[C@H]52. The van der Waals surface area contributed by atoms with E-state index >= 15 is 0 Å². The summed E-state index contributed by atoms with van der Waals surface area (Å²) in [4.78, 5) is 25.3. The number of esters is 2. The Labute approximate surface area is 117 Å². The highest BCUT2D eigenvalue weighted by Crippen LogP contribution is 2.94. The van der Waals surface area contributed by atoms with Crippen molar-refractivity contribution in [2.24, 2.45) is 64.6 Å². The Bertz CT molecular complexity index is 529. The van der Waals surface area contributed by atoms with Crippen molar-refractivity contribution >= 4 is 11.9 Å². The molecule has 0 spiro atoms. The van der Waals surface area contributed by atoms with Crippen molar-refractivity contribution < 1.29 is 19.1 Å². The minimum atomic E-state index is -0.939. The first-order valence-corrected chi connectivity index (χ1v) is 7.86. The van der Waals surface area contributed by atoms with E-state index in [-0.39, 0.29) is 23.8 Å². The molecule has 0 unspecified atom stereocenters. The first-order valence-electron chi connectivity index (χ1n) is 7.86. The predicted octanol–water partition coefficient (Wildman–Crippen LogP) is 0.952. The summed E-state index contributed by atoms with van der Waals surface area (Å²) in [6.45, 7) is 0. The molecule has 0 radical (unpaired) electrons. The highest BCUT2D eigenvalue weighted by atomic mass is 16.5. The molecule has 10 atom stereocenters. The van der Waals surface area contributed by atoms with Gasteiger partial charge in [-0.15, -0.1) is 0 Å². The van der Waals surface area contributed by atoms with Crippen LogP contribution in [0, 0.1) is 64.6 Å². The average molecular weight is 274 g/mol. The molecule has 7 aliphatic carbocycles. The van der Waals surface area contributed by atoms with Gasteiger partial charge in [0.05, 0.1) is 14.2 Å². The van der Waals surface area contributed by atoms with Gasteiger partial charge < -0.3 is 9.47 Å². The van der Waals surface area contributed by atoms with Crippen LogP contribution in [0.4, 0.5) is 0 Å². The summed E-state index contributed by atoms with van der Waals surface area (Å²) < 4.78 is 10.2. The van der Waals surface area contributed by atoms with E-state index in [1.165, 1.54) is 20.6 Å². The molecular weight excluding hydrogens is 256 g/mol. The summed E-state index contributed by atoms with van der Waals surface area (Å²) in [6, 6.07) is 0. The van der Waals surface area contributed by atoms with E-state index in [0.717, 1.165) is 23.7 Å². The first-order chi connectivity index (χ1) is 9.69. The Balaban J connectivity index is 1.62. The fourth-order valence-electron chi connectivity index (χ4n) is 8.93. The third kappa shape index (κ3) is 0.626. The van der Waals surface area contributed by atoms with Gasteiger partial charge in [-0.05, 0) is 65.6 Å². The number of hydrogen-bond donors (Lipinski definition) is 0. The van der Waals surface area contributed by atoms with Gasteiger partial charge in [-0.1, -0.05) is 0 Å². The van der Waals surface area contributed by atoms with Crippen LogP contribution in [0.3, 0.4) is 0 Å². The first kappa shape index (κ1) is 10.6. The molecule has 0 amide bonds. The largest absolute Gasteiger partial charge is 0.468 e. The maximum Gasteiger partial charge on any atom is 0.323 e. The van der Waals surface area contributed by atoms with Crippen molar-refractivity contribution in [3.05, 3.63) is 0 Å². The quantitative estimate of drug-likeness (QED) is 0.556. The third-order valence-electron chi connectivity index (χ3n) is 8.50. The molecule has 0 aromatic carbocycles. The normalized spacial score (nSPS) is 63.1. The Morgan fingerprint density at radius 1 is 0.800 bits per heavy atom. The topological polar surface area (TPSA) is 52.6 Å². The molecule has 7 aliphatic rings. The minimum Gasteiger partial charge on any atom is -0.468 e. The van der Waals surface area contributed by atoms with Crippen molar-refractivity contribution in [2.75, 3.05) is 14.2 Å². The van der Waals surface area contributed by atoms with Crippen molar-refractivity contribution in [1.82, 2.24) is 0 Å². The predicted molar refractivity (Wildman–Crippen MR) is 66.0 cm³/mol. The van der Waals surface area contributed by atoms with Crippen LogP contribution in [0.5, 0.6) is 0 Å². The number of carbonyl (C=O) groups excluding carboxylic acids is 2. The Kier molecular flexibility index (Phi) is 1.42. The fourth-order valence-corrected chi connectivity index (χ4v) is 8.93. The smallest absolute Gasteiger partial charge is 0.323 e. The monoisotopic (exact) mass is 274 g/mol. The lowest BCUT2D eigenvalue weighted by Gasteiger charge is -2.44. The zero-order valence-corrected chi connectivity index (χ0v) is 11.6. The molecule has 0 N–H and O–H groups in total. The van der Waals surface area contributed by atoms with Crippen LogP contribution in [-0.4, -0.2) is 26.2 Å². The number of hydrogen-bond acceptors (Lipinski definition) is 4. The highest BCUT2D eigenvalue weighted by Gasteiger charge is 2.95. The van der Waals surface area contributed by atoms with E-state index in [2.05, 4.69) is 0 Å². The van der Waals surface area contributed by atoms with Crippen molar-refractivity contribution in [3.63, 3.8) is 0 Å². The summed E-state index contributed by atoms with van der Waals surface area (Å²) in [5, 5.41) is 0. The number of rotatable bonds is 2. The van der Waals surface area contributed by atoms with Crippen molar-refractivity contribution in [3.8, 4) is 0 Å². The lowest BCUT2D eigenvalue weighted by molar-refractivity contribution is -0.174. The van der Waals surface area contributed by atoms with E-state index in [1.807, 2.05) is 0 Å². The van der Waals surface area contributed by atoms with Crippen LogP contribution in [0.25, 0.3) is 0 Å². The Morgan fingerprint density at radius 3 is 1.65 bits per heavy atom. The lowest BCUT2D eigenvalue weighted by Crippen LogP contribution is -2.46. The van der Waals surface area contributed by atoms with Crippen molar-refractivity contribution in [2.45, 2.75) is 6.42 Å². The third-order valence-corrected chi connectivity index (χ3v) is 8.50. The molecule has 0 saturated heterocycles. The molecule has 4 bridgehead atoms. The van der Waals surface area contributed by atoms with Crippen LogP contribution < -0.4 is 0 Å². The molecular formula is C16H18O4. The molecule has 0 heterocycles. The molecule has 106 valence electrons. The summed E-state index contributed by atoms with van der Waals surface area (Å²) >= 11 is 0. The van der Waals surface area contributed by atoms with Gasteiger partial charge in [0.2, 0.25) is 0 Å². The van der Waals surface area contributed by atoms with Gasteiger partial charge in [0, 0.05) is 0 Å². The van der Waals surface area contributed by atoms with Gasteiger partial charge in [-0.25, -0.2) is 0 Å².